The topological polar surface area (TPSA) is 30.0 Å². The summed E-state index contributed by atoms with van der Waals surface area (Å²) in [5.41, 5.74) is 0. The summed E-state index contributed by atoms with van der Waals surface area (Å²) in [4.78, 5) is 0. The molecule has 0 aromatic carbocycles. The summed E-state index contributed by atoms with van der Waals surface area (Å²) in [6, 6.07) is 0. The SMILES string of the molecule is C[C-](C)C.[K+].[OH-]. The molecule has 0 radical (unpaired) electrons. The fourth-order valence-electron chi connectivity index (χ4n) is 0. The number of rotatable bonds is 0. The average Bonchev–Trinajstić information content (AvgIpc) is 0.811. The Balaban J connectivity index is -0.0000000450. The van der Waals surface area contributed by atoms with E-state index in [2.05, 4.69) is 20.8 Å². The van der Waals surface area contributed by atoms with Gasteiger partial charge in [0.15, 0.2) is 0 Å². The molecule has 0 atom stereocenters. The van der Waals surface area contributed by atoms with Crippen LogP contribution >= 0.6 is 0 Å². The first-order valence-corrected chi connectivity index (χ1v) is 1.50. The van der Waals surface area contributed by atoms with E-state index in [1.807, 2.05) is 0 Å². The molecular weight excluding hydrogens is 103 g/mol. The number of hydrogen-bond acceptors (Lipinski definition) is 1. The molecule has 0 spiro atoms. The van der Waals surface area contributed by atoms with Gasteiger partial charge in [0.05, 0.1) is 0 Å². The Bertz CT molecular complexity index is 12.3. The third kappa shape index (κ3) is 46.4. The Labute approximate surface area is 82.2 Å². The standard InChI is InChI=1S/C4H9.K.H2O/c1-4(2)3;;/h1-3H3;;1H2/q-1;+1;/p-1. The van der Waals surface area contributed by atoms with Crippen molar-refractivity contribution in [2.75, 3.05) is 0 Å². The van der Waals surface area contributed by atoms with E-state index in [4.69, 9.17) is 0 Å². The molecule has 1 nitrogen and oxygen atoms in total. The molecule has 0 aliphatic heterocycles. The third-order valence-electron chi connectivity index (χ3n) is 0. The Morgan fingerprint density at radius 2 is 1.00 bits per heavy atom. The van der Waals surface area contributed by atoms with Crippen LogP contribution in [-0.2, 0) is 0 Å². The van der Waals surface area contributed by atoms with Crippen molar-refractivity contribution in [1.29, 1.82) is 0 Å². The normalized spacial score (nSPS) is 6.00. The molecule has 0 saturated carbocycles. The van der Waals surface area contributed by atoms with Crippen molar-refractivity contribution < 1.29 is 56.9 Å². The predicted molar refractivity (Wildman–Crippen MR) is 22.2 cm³/mol. The molecule has 0 rings (SSSR count). The van der Waals surface area contributed by atoms with Gasteiger partial charge in [-0.2, -0.15) is 20.8 Å². The zero-order valence-corrected chi connectivity index (χ0v) is 8.07. The summed E-state index contributed by atoms with van der Waals surface area (Å²) < 4.78 is 0. The molecule has 0 unspecified atom stereocenters. The van der Waals surface area contributed by atoms with E-state index in [0.717, 1.165) is 0 Å². The summed E-state index contributed by atoms with van der Waals surface area (Å²) in [5, 5.41) is 0. The Morgan fingerprint density at radius 3 is 1.00 bits per heavy atom. The monoisotopic (exact) mass is 113 g/mol. The van der Waals surface area contributed by atoms with Gasteiger partial charge in [-0.25, -0.2) is 0 Å². The average molecular weight is 113 g/mol. The fourth-order valence-corrected chi connectivity index (χ4v) is 0. The van der Waals surface area contributed by atoms with Gasteiger partial charge in [-0.15, -0.1) is 0 Å². The minimum atomic E-state index is 0. The van der Waals surface area contributed by atoms with E-state index in [1.165, 1.54) is 5.92 Å². The van der Waals surface area contributed by atoms with Gasteiger partial charge in [0.25, 0.3) is 0 Å². The van der Waals surface area contributed by atoms with Crippen molar-refractivity contribution in [3.8, 4) is 0 Å². The van der Waals surface area contributed by atoms with Crippen molar-refractivity contribution in [3.05, 3.63) is 5.92 Å². The smallest absolute Gasteiger partial charge is 0.870 e. The molecule has 2 heteroatoms. The van der Waals surface area contributed by atoms with Crippen LogP contribution in [0.5, 0.6) is 0 Å². The molecule has 0 aromatic rings. The quantitative estimate of drug-likeness (QED) is 0.276. The summed E-state index contributed by atoms with van der Waals surface area (Å²) >= 11 is 0. The molecule has 0 aliphatic carbocycles. The summed E-state index contributed by atoms with van der Waals surface area (Å²) in [6.45, 7) is 6.25. The first-order valence-electron chi connectivity index (χ1n) is 1.50. The van der Waals surface area contributed by atoms with E-state index in [9.17, 15) is 0 Å². The summed E-state index contributed by atoms with van der Waals surface area (Å²) in [6.07, 6.45) is 0. The van der Waals surface area contributed by atoms with Crippen LogP contribution in [0.25, 0.3) is 0 Å². The summed E-state index contributed by atoms with van der Waals surface area (Å²) in [7, 11) is 0. The van der Waals surface area contributed by atoms with Crippen LogP contribution in [0.2, 0.25) is 0 Å². The maximum absolute atomic E-state index is 2.08. The zero-order chi connectivity index (χ0) is 3.58. The molecule has 0 bridgehead atoms. The van der Waals surface area contributed by atoms with Crippen LogP contribution in [0, 0.1) is 5.92 Å². The van der Waals surface area contributed by atoms with Crippen LogP contribution in [0.4, 0.5) is 0 Å². The zero-order valence-electron chi connectivity index (χ0n) is 4.95. The molecule has 0 amide bonds. The maximum Gasteiger partial charge on any atom is 1.00 e. The second-order valence-corrected chi connectivity index (χ2v) is 1.50. The van der Waals surface area contributed by atoms with Gasteiger partial charge in [0.1, 0.15) is 0 Å². The minimum Gasteiger partial charge on any atom is -0.870 e. The molecule has 0 aliphatic rings. The Hall–Kier alpha value is 1.60. The van der Waals surface area contributed by atoms with Gasteiger partial charge in [0.2, 0.25) is 0 Å². The van der Waals surface area contributed by atoms with E-state index in [0.29, 0.717) is 0 Å². The van der Waals surface area contributed by atoms with E-state index < -0.39 is 0 Å². The largest absolute Gasteiger partial charge is 1.00 e. The number of hydrogen-bond donors (Lipinski definition) is 0. The van der Waals surface area contributed by atoms with Gasteiger partial charge in [-0.1, -0.05) is 0 Å². The molecule has 6 heavy (non-hydrogen) atoms. The van der Waals surface area contributed by atoms with Crippen LogP contribution in [0.15, 0.2) is 0 Å². The molecule has 34 valence electrons. The second kappa shape index (κ2) is 9.78. The molecule has 1 N–H and O–H groups in total. The van der Waals surface area contributed by atoms with Crippen LogP contribution in [0.1, 0.15) is 20.8 Å². The van der Waals surface area contributed by atoms with E-state index in [1.54, 1.807) is 0 Å². The van der Waals surface area contributed by atoms with Gasteiger partial charge in [0, 0.05) is 0 Å². The van der Waals surface area contributed by atoms with Gasteiger partial charge < -0.3 is 11.4 Å². The molecule has 0 heterocycles. The van der Waals surface area contributed by atoms with Crippen molar-refractivity contribution in [2.45, 2.75) is 20.8 Å². The minimum absolute atomic E-state index is 0. The first kappa shape index (κ1) is 15.6. The molecular formula is C4H10KO-. The van der Waals surface area contributed by atoms with Crippen LogP contribution in [0.3, 0.4) is 0 Å². The second-order valence-electron chi connectivity index (χ2n) is 1.50. The van der Waals surface area contributed by atoms with Gasteiger partial charge >= 0.3 is 51.4 Å². The van der Waals surface area contributed by atoms with Crippen molar-refractivity contribution in [2.24, 2.45) is 0 Å². The maximum atomic E-state index is 2.08. The molecule has 0 fully saturated rings. The molecule has 0 saturated heterocycles. The van der Waals surface area contributed by atoms with Gasteiger partial charge in [-0.3, -0.25) is 0 Å². The Kier molecular flexibility index (Phi) is 25.5. The van der Waals surface area contributed by atoms with Crippen molar-refractivity contribution >= 4 is 0 Å². The Morgan fingerprint density at radius 1 is 1.00 bits per heavy atom. The summed E-state index contributed by atoms with van der Waals surface area (Å²) in [5.74, 6) is 1.42. The van der Waals surface area contributed by atoms with Crippen molar-refractivity contribution in [3.63, 3.8) is 0 Å². The van der Waals surface area contributed by atoms with E-state index in [-0.39, 0.29) is 56.9 Å². The fraction of sp³-hybridized carbons (Fsp3) is 0.750. The predicted octanol–water partition coefficient (Wildman–Crippen LogP) is -1.55. The van der Waals surface area contributed by atoms with Crippen LogP contribution < -0.4 is 51.4 Å². The van der Waals surface area contributed by atoms with E-state index >= 15 is 0 Å². The van der Waals surface area contributed by atoms with Crippen LogP contribution in [-0.4, -0.2) is 5.48 Å². The van der Waals surface area contributed by atoms with Crippen molar-refractivity contribution in [1.82, 2.24) is 0 Å². The first-order chi connectivity index (χ1) is 1.73. The molecule has 0 aromatic heterocycles. The third-order valence-corrected chi connectivity index (χ3v) is 0. The van der Waals surface area contributed by atoms with Gasteiger partial charge in [-0.05, 0) is 0 Å².